The van der Waals surface area contributed by atoms with Gasteiger partial charge in [0.25, 0.3) is 0 Å². The van der Waals surface area contributed by atoms with E-state index in [2.05, 4.69) is 5.16 Å². The van der Waals surface area contributed by atoms with Gasteiger partial charge < -0.3 is 14.7 Å². The number of benzene rings is 2. The third-order valence-corrected chi connectivity index (χ3v) is 3.46. The molecule has 0 aliphatic carbocycles. The standard InChI is InChI=1S/C16H15Cl2NO3/c1-2-21-16-7-11(9-19-20)3-6-15(16)22-10-12-4-5-13(17)8-14(12)18/h3-9,20H,2,10H2,1H3/b19-9-. The van der Waals surface area contributed by atoms with Crippen molar-refractivity contribution in [1.29, 1.82) is 0 Å². The van der Waals surface area contributed by atoms with Crippen LogP contribution in [0, 0.1) is 0 Å². The van der Waals surface area contributed by atoms with E-state index in [9.17, 15) is 0 Å². The van der Waals surface area contributed by atoms with Crippen molar-refractivity contribution in [3.63, 3.8) is 0 Å². The molecule has 22 heavy (non-hydrogen) atoms. The molecule has 0 atom stereocenters. The third-order valence-electron chi connectivity index (χ3n) is 2.87. The lowest BCUT2D eigenvalue weighted by Gasteiger charge is -2.13. The Labute approximate surface area is 138 Å². The predicted molar refractivity (Wildman–Crippen MR) is 87.8 cm³/mol. The van der Waals surface area contributed by atoms with Crippen LogP contribution >= 0.6 is 23.2 Å². The van der Waals surface area contributed by atoms with Gasteiger partial charge in [0.1, 0.15) is 6.61 Å². The Morgan fingerprint density at radius 1 is 1.09 bits per heavy atom. The Morgan fingerprint density at radius 2 is 1.91 bits per heavy atom. The molecular formula is C16H15Cl2NO3. The van der Waals surface area contributed by atoms with Gasteiger partial charge in [-0.3, -0.25) is 0 Å². The minimum absolute atomic E-state index is 0.295. The Kier molecular flexibility index (Phi) is 5.92. The summed E-state index contributed by atoms with van der Waals surface area (Å²) in [5.41, 5.74) is 1.54. The van der Waals surface area contributed by atoms with Crippen LogP contribution in [-0.4, -0.2) is 18.0 Å². The second-order valence-electron chi connectivity index (χ2n) is 4.41. The number of ether oxygens (including phenoxy) is 2. The lowest BCUT2D eigenvalue weighted by atomic mass is 10.2. The van der Waals surface area contributed by atoms with Crippen LogP contribution in [0.1, 0.15) is 18.1 Å². The van der Waals surface area contributed by atoms with Crippen LogP contribution in [0.2, 0.25) is 10.0 Å². The van der Waals surface area contributed by atoms with E-state index in [-0.39, 0.29) is 0 Å². The summed E-state index contributed by atoms with van der Waals surface area (Å²) in [6.07, 6.45) is 1.32. The number of oxime groups is 1. The van der Waals surface area contributed by atoms with Crippen LogP contribution in [0.25, 0.3) is 0 Å². The summed E-state index contributed by atoms with van der Waals surface area (Å²) >= 11 is 12.0. The molecule has 0 aliphatic rings. The van der Waals surface area contributed by atoms with Gasteiger partial charge in [-0.25, -0.2) is 0 Å². The molecule has 6 heteroatoms. The van der Waals surface area contributed by atoms with Crippen molar-refractivity contribution in [1.82, 2.24) is 0 Å². The van der Waals surface area contributed by atoms with Crippen LogP contribution < -0.4 is 9.47 Å². The van der Waals surface area contributed by atoms with Crippen molar-refractivity contribution >= 4 is 29.4 Å². The summed E-state index contributed by atoms with van der Waals surface area (Å²) < 4.78 is 11.3. The summed E-state index contributed by atoms with van der Waals surface area (Å²) in [6.45, 7) is 2.67. The second kappa shape index (κ2) is 7.92. The molecule has 1 N–H and O–H groups in total. The molecule has 0 radical (unpaired) electrons. The first kappa shape index (κ1) is 16.5. The van der Waals surface area contributed by atoms with E-state index in [4.69, 9.17) is 37.9 Å². The number of rotatable bonds is 6. The average Bonchev–Trinajstić information content (AvgIpc) is 2.49. The summed E-state index contributed by atoms with van der Waals surface area (Å²) in [6, 6.07) is 10.5. The molecule has 2 rings (SSSR count). The number of halogens is 2. The van der Waals surface area contributed by atoms with Gasteiger partial charge in [-0.2, -0.15) is 0 Å². The van der Waals surface area contributed by atoms with Gasteiger partial charge in [-0.05, 0) is 37.3 Å². The molecule has 0 spiro atoms. The van der Waals surface area contributed by atoms with Crippen molar-refractivity contribution in [2.45, 2.75) is 13.5 Å². The molecule has 4 nitrogen and oxygen atoms in total. The maximum atomic E-state index is 8.59. The number of nitrogens with zero attached hydrogens (tertiary/aromatic N) is 1. The van der Waals surface area contributed by atoms with Gasteiger partial charge in [0.2, 0.25) is 0 Å². The average molecular weight is 340 g/mol. The smallest absolute Gasteiger partial charge is 0.161 e. The highest BCUT2D eigenvalue weighted by molar-refractivity contribution is 6.35. The van der Waals surface area contributed by atoms with Crippen molar-refractivity contribution in [3.8, 4) is 11.5 Å². The molecule has 0 saturated heterocycles. The maximum Gasteiger partial charge on any atom is 0.161 e. The fourth-order valence-electron chi connectivity index (χ4n) is 1.85. The lowest BCUT2D eigenvalue weighted by molar-refractivity contribution is 0.269. The molecule has 0 aliphatic heterocycles. The first-order valence-electron chi connectivity index (χ1n) is 6.65. The van der Waals surface area contributed by atoms with E-state index in [1.54, 1.807) is 30.3 Å². The molecule has 0 fully saturated rings. The van der Waals surface area contributed by atoms with E-state index in [0.29, 0.717) is 40.3 Å². The Hall–Kier alpha value is -1.91. The zero-order valence-corrected chi connectivity index (χ0v) is 13.4. The largest absolute Gasteiger partial charge is 0.490 e. The highest BCUT2D eigenvalue weighted by Crippen LogP contribution is 2.30. The first-order chi connectivity index (χ1) is 10.6. The van der Waals surface area contributed by atoms with E-state index in [0.717, 1.165) is 5.56 Å². The molecule has 0 bridgehead atoms. The Morgan fingerprint density at radius 3 is 2.59 bits per heavy atom. The van der Waals surface area contributed by atoms with Crippen molar-refractivity contribution in [2.24, 2.45) is 5.16 Å². The van der Waals surface area contributed by atoms with E-state index in [1.165, 1.54) is 6.21 Å². The molecule has 0 saturated carbocycles. The number of hydrogen-bond acceptors (Lipinski definition) is 4. The highest BCUT2D eigenvalue weighted by atomic mass is 35.5. The Balaban J connectivity index is 2.17. The quantitative estimate of drug-likeness (QED) is 0.468. The van der Waals surface area contributed by atoms with Gasteiger partial charge in [-0.15, -0.1) is 0 Å². The van der Waals surface area contributed by atoms with Crippen LogP contribution in [0.15, 0.2) is 41.6 Å². The summed E-state index contributed by atoms with van der Waals surface area (Å²) in [5, 5.41) is 12.7. The fraction of sp³-hybridized carbons (Fsp3) is 0.188. The van der Waals surface area contributed by atoms with Crippen LogP contribution in [-0.2, 0) is 6.61 Å². The lowest BCUT2D eigenvalue weighted by Crippen LogP contribution is -2.01. The molecular weight excluding hydrogens is 325 g/mol. The zero-order valence-electron chi connectivity index (χ0n) is 11.9. The molecule has 0 aromatic heterocycles. The minimum Gasteiger partial charge on any atom is -0.490 e. The zero-order chi connectivity index (χ0) is 15.9. The monoisotopic (exact) mass is 339 g/mol. The second-order valence-corrected chi connectivity index (χ2v) is 5.25. The van der Waals surface area contributed by atoms with E-state index in [1.807, 2.05) is 13.0 Å². The van der Waals surface area contributed by atoms with E-state index >= 15 is 0 Å². The first-order valence-corrected chi connectivity index (χ1v) is 7.40. The van der Waals surface area contributed by atoms with E-state index < -0.39 is 0 Å². The van der Waals surface area contributed by atoms with Crippen LogP contribution in [0.4, 0.5) is 0 Å². The van der Waals surface area contributed by atoms with Crippen molar-refractivity contribution < 1.29 is 14.7 Å². The van der Waals surface area contributed by atoms with Crippen LogP contribution in [0.5, 0.6) is 11.5 Å². The number of hydrogen-bond donors (Lipinski definition) is 1. The maximum absolute atomic E-state index is 8.59. The summed E-state index contributed by atoms with van der Waals surface area (Å²) in [7, 11) is 0. The van der Waals surface area contributed by atoms with Gasteiger partial charge in [0.05, 0.1) is 12.8 Å². The molecule has 0 heterocycles. The topological polar surface area (TPSA) is 51.0 Å². The molecule has 0 unspecified atom stereocenters. The molecule has 116 valence electrons. The van der Waals surface area contributed by atoms with Gasteiger partial charge in [-0.1, -0.05) is 34.4 Å². The Bertz CT molecular complexity index is 674. The van der Waals surface area contributed by atoms with Crippen molar-refractivity contribution in [3.05, 3.63) is 57.6 Å². The third kappa shape index (κ3) is 4.29. The van der Waals surface area contributed by atoms with Gasteiger partial charge >= 0.3 is 0 Å². The molecule has 2 aromatic carbocycles. The molecule has 2 aromatic rings. The van der Waals surface area contributed by atoms with Crippen molar-refractivity contribution in [2.75, 3.05) is 6.61 Å². The highest BCUT2D eigenvalue weighted by Gasteiger charge is 2.08. The SMILES string of the molecule is CCOc1cc(/C=N\O)ccc1OCc1ccc(Cl)cc1Cl. The van der Waals surface area contributed by atoms with Gasteiger partial charge in [0, 0.05) is 21.2 Å². The van der Waals surface area contributed by atoms with Crippen LogP contribution in [0.3, 0.4) is 0 Å². The minimum atomic E-state index is 0.295. The predicted octanol–water partition coefficient (Wildman–Crippen LogP) is 4.78. The fourth-order valence-corrected chi connectivity index (χ4v) is 2.32. The summed E-state index contributed by atoms with van der Waals surface area (Å²) in [4.78, 5) is 0. The summed E-state index contributed by atoms with van der Waals surface area (Å²) in [5.74, 6) is 1.16. The normalized spacial score (nSPS) is 10.9. The molecule has 0 amide bonds. The van der Waals surface area contributed by atoms with Gasteiger partial charge in [0.15, 0.2) is 11.5 Å².